The zero-order valence-corrected chi connectivity index (χ0v) is 24.6. The Morgan fingerprint density at radius 3 is 1.98 bits per heavy atom. The Kier molecular flexibility index (Phi) is 8.12. The van der Waals surface area contributed by atoms with Crippen molar-refractivity contribution in [1.82, 2.24) is 5.32 Å². The normalized spacial score (nSPS) is 25.0. The van der Waals surface area contributed by atoms with E-state index in [9.17, 15) is 14.7 Å². The molecule has 4 aliphatic rings. The zero-order valence-electron chi connectivity index (χ0n) is 23.8. The van der Waals surface area contributed by atoms with Crippen LogP contribution in [0.25, 0.3) is 0 Å². The topological polar surface area (TPSA) is 69.6 Å². The molecular weight excluding hydrogens is 528 g/mol. The fourth-order valence-electron chi connectivity index (χ4n) is 7.94. The highest BCUT2D eigenvalue weighted by Crippen LogP contribution is 2.55. The van der Waals surface area contributed by atoms with Crippen LogP contribution in [-0.2, 0) is 11.2 Å². The van der Waals surface area contributed by atoms with Crippen LogP contribution in [0.4, 0.5) is 10.5 Å². The highest BCUT2D eigenvalue weighted by Gasteiger charge is 2.51. The van der Waals surface area contributed by atoms with E-state index in [1.165, 1.54) is 24.8 Å². The number of urea groups is 1. The van der Waals surface area contributed by atoms with Crippen molar-refractivity contribution in [3.63, 3.8) is 0 Å². The van der Waals surface area contributed by atoms with E-state index in [-0.39, 0.29) is 11.6 Å². The van der Waals surface area contributed by atoms with Crippen molar-refractivity contribution in [3.05, 3.63) is 90.0 Å². The van der Waals surface area contributed by atoms with Crippen molar-refractivity contribution in [2.45, 2.75) is 79.5 Å². The Balaban J connectivity index is 1.17. The predicted octanol–water partition coefficient (Wildman–Crippen LogP) is 8.14. The maximum absolute atomic E-state index is 14.0. The third-order valence-electron chi connectivity index (χ3n) is 9.50. The summed E-state index contributed by atoms with van der Waals surface area (Å²) in [6.07, 6.45) is 8.84. The molecule has 0 heterocycles. The number of amides is 2. The molecular formula is C35H40N2O3S. The van der Waals surface area contributed by atoms with Gasteiger partial charge in [-0.2, -0.15) is 0 Å². The van der Waals surface area contributed by atoms with Gasteiger partial charge in [-0.3, -0.25) is 9.69 Å². The molecule has 5 nitrogen and oxygen atoms in total. The summed E-state index contributed by atoms with van der Waals surface area (Å²) in [5, 5.41) is 13.0. The number of aliphatic carboxylic acids is 1. The zero-order chi connectivity index (χ0) is 28.4. The molecule has 7 rings (SSSR count). The molecule has 2 amide bonds. The van der Waals surface area contributed by atoms with E-state index in [1.807, 2.05) is 42.2 Å². The van der Waals surface area contributed by atoms with Crippen molar-refractivity contribution in [2.75, 3.05) is 11.4 Å². The van der Waals surface area contributed by atoms with Crippen LogP contribution < -0.4 is 10.2 Å². The summed E-state index contributed by atoms with van der Waals surface area (Å²) < 4.78 is 0. The summed E-state index contributed by atoms with van der Waals surface area (Å²) in [7, 11) is 0. The molecule has 1 unspecified atom stereocenters. The fraction of sp³-hybridized carbons (Fsp3) is 0.429. The van der Waals surface area contributed by atoms with Crippen molar-refractivity contribution in [2.24, 2.45) is 17.8 Å². The number of hydrogen-bond acceptors (Lipinski definition) is 3. The summed E-state index contributed by atoms with van der Waals surface area (Å²) >= 11 is 1.64. The maximum atomic E-state index is 14.0. The highest BCUT2D eigenvalue weighted by atomic mass is 32.2. The SMILES string of the molecule is CCC(C(=O)O)c1ccc(Sc2ccc(N(CCc3ccccc3)C(=O)NC34CC5CC(CC(C5)C3)C4)cc2)cc1. The molecule has 4 saturated carbocycles. The first-order valence-electron chi connectivity index (χ1n) is 15.1. The van der Waals surface area contributed by atoms with E-state index in [0.29, 0.717) is 13.0 Å². The van der Waals surface area contributed by atoms with E-state index in [4.69, 9.17) is 0 Å². The van der Waals surface area contributed by atoms with Crippen LogP contribution >= 0.6 is 11.8 Å². The third kappa shape index (κ3) is 6.33. The number of carbonyl (C=O) groups is 2. The summed E-state index contributed by atoms with van der Waals surface area (Å²) in [6, 6.07) is 26.5. The van der Waals surface area contributed by atoms with Crippen LogP contribution in [0.1, 0.15) is 68.9 Å². The van der Waals surface area contributed by atoms with Crippen molar-refractivity contribution in [1.29, 1.82) is 0 Å². The molecule has 4 bridgehead atoms. The van der Waals surface area contributed by atoms with Gasteiger partial charge >= 0.3 is 12.0 Å². The van der Waals surface area contributed by atoms with Crippen LogP contribution in [0.5, 0.6) is 0 Å². The molecule has 0 saturated heterocycles. The number of nitrogens with one attached hydrogen (secondary N) is 1. The monoisotopic (exact) mass is 568 g/mol. The Labute approximate surface area is 247 Å². The highest BCUT2D eigenvalue weighted by molar-refractivity contribution is 7.99. The largest absolute Gasteiger partial charge is 0.481 e. The van der Waals surface area contributed by atoms with Gasteiger partial charge in [0, 0.05) is 27.6 Å². The van der Waals surface area contributed by atoms with Gasteiger partial charge in [-0.05, 0) is 117 Å². The summed E-state index contributed by atoms with van der Waals surface area (Å²) in [4.78, 5) is 29.5. The van der Waals surface area contributed by atoms with E-state index in [0.717, 1.165) is 64.5 Å². The van der Waals surface area contributed by atoms with Gasteiger partial charge in [0.1, 0.15) is 0 Å². The lowest BCUT2D eigenvalue weighted by molar-refractivity contribution is -0.138. The third-order valence-corrected chi connectivity index (χ3v) is 10.5. The Bertz CT molecular complexity index is 1320. The minimum Gasteiger partial charge on any atom is -0.481 e. The number of nitrogens with zero attached hydrogens (tertiary/aromatic N) is 1. The first-order chi connectivity index (χ1) is 19.9. The van der Waals surface area contributed by atoms with Crippen LogP contribution in [0.3, 0.4) is 0 Å². The Morgan fingerprint density at radius 2 is 1.44 bits per heavy atom. The van der Waals surface area contributed by atoms with Gasteiger partial charge in [-0.15, -0.1) is 0 Å². The lowest BCUT2D eigenvalue weighted by Crippen LogP contribution is -2.62. The van der Waals surface area contributed by atoms with Crippen LogP contribution in [-0.4, -0.2) is 29.2 Å². The molecule has 2 N–H and O–H groups in total. The summed E-state index contributed by atoms with van der Waals surface area (Å²) in [5.74, 6) is 1.08. The molecule has 41 heavy (non-hydrogen) atoms. The van der Waals surface area contributed by atoms with Crippen molar-refractivity contribution >= 4 is 29.4 Å². The second-order valence-electron chi connectivity index (χ2n) is 12.5. The number of rotatable bonds is 10. The number of anilines is 1. The second kappa shape index (κ2) is 11.9. The standard InChI is InChI=1S/C35H40N2O3S/c1-2-32(33(38)39)28-8-12-30(13-9-28)41-31-14-10-29(11-15-31)37(17-16-24-6-4-3-5-7-24)34(40)36-35-21-25-18-26(22-35)20-27(19-25)23-35/h3-15,25-27,32H,2,16-23H2,1H3,(H,36,40)(H,38,39). The molecule has 0 radical (unpaired) electrons. The van der Waals surface area contributed by atoms with Gasteiger partial charge in [0.05, 0.1) is 5.92 Å². The summed E-state index contributed by atoms with van der Waals surface area (Å²) in [6.45, 7) is 2.52. The number of benzene rings is 3. The maximum Gasteiger partial charge on any atom is 0.322 e. The van der Waals surface area contributed by atoms with Gasteiger partial charge in [0.25, 0.3) is 0 Å². The minimum atomic E-state index is -0.785. The van der Waals surface area contributed by atoms with Gasteiger partial charge in [-0.1, -0.05) is 61.2 Å². The van der Waals surface area contributed by atoms with Crippen LogP contribution in [0.2, 0.25) is 0 Å². The molecule has 0 spiro atoms. The fourth-order valence-corrected chi connectivity index (χ4v) is 8.76. The summed E-state index contributed by atoms with van der Waals surface area (Å²) in [5.41, 5.74) is 2.94. The van der Waals surface area contributed by atoms with Gasteiger partial charge in [-0.25, -0.2) is 4.79 Å². The Hall–Kier alpha value is -3.25. The average Bonchev–Trinajstić information content (AvgIpc) is 2.95. The molecule has 3 aromatic rings. The van der Waals surface area contributed by atoms with E-state index < -0.39 is 11.9 Å². The molecule has 0 aromatic heterocycles. The number of carbonyl (C=O) groups excluding carboxylic acids is 1. The molecule has 6 heteroatoms. The number of carboxylic acid groups (broad SMARTS) is 1. The van der Waals surface area contributed by atoms with Crippen molar-refractivity contribution in [3.8, 4) is 0 Å². The molecule has 3 aromatic carbocycles. The molecule has 4 fully saturated rings. The van der Waals surface area contributed by atoms with Gasteiger partial charge in [0.15, 0.2) is 0 Å². The Morgan fingerprint density at radius 1 is 0.878 bits per heavy atom. The molecule has 214 valence electrons. The van der Waals surface area contributed by atoms with Crippen LogP contribution in [0.15, 0.2) is 88.7 Å². The minimum absolute atomic E-state index is 0.0304. The average molecular weight is 569 g/mol. The van der Waals surface area contributed by atoms with E-state index >= 15 is 0 Å². The van der Waals surface area contributed by atoms with Gasteiger partial charge < -0.3 is 10.4 Å². The van der Waals surface area contributed by atoms with E-state index in [1.54, 1.807) is 11.8 Å². The number of carboxylic acids is 1. The number of hydrogen-bond donors (Lipinski definition) is 2. The smallest absolute Gasteiger partial charge is 0.322 e. The predicted molar refractivity (Wildman–Crippen MR) is 165 cm³/mol. The lowest BCUT2D eigenvalue weighted by Gasteiger charge is -2.57. The van der Waals surface area contributed by atoms with Crippen LogP contribution in [0, 0.1) is 17.8 Å². The van der Waals surface area contributed by atoms with Crippen molar-refractivity contribution < 1.29 is 14.7 Å². The van der Waals surface area contributed by atoms with E-state index in [2.05, 4.69) is 53.8 Å². The first kappa shape index (κ1) is 27.9. The quantitative estimate of drug-likeness (QED) is 0.259. The lowest BCUT2D eigenvalue weighted by atomic mass is 9.53. The second-order valence-corrected chi connectivity index (χ2v) is 13.6. The molecule has 1 atom stereocenters. The van der Waals surface area contributed by atoms with Gasteiger partial charge in [0.2, 0.25) is 0 Å². The first-order valence-corrected chi connectivity index (χ1v) is 16.0. The molecule has 4 aliphatic carbocycles. The molecule has 0 aliphatic heterocycles.